The molecule has 0 bridgehead atoms. The Bertz CT molecular complexity index is 826. The smallest absolute Gasteiger partial charge is 0.277 e. The van der Waals surface area contributed by atoms with Crippen molar-refractivity contribution in [3.8, 4) is 11.3 Å². The van der Waals surface area contributed by atoms with E-state index in [0.717, 1.165) is 17.0 Å². The van der Waals surface area contributed by atoms with Gasteiger partial charge in [-0.05, 0) is 25.1 Å². The second kappa shape index (κ2) is 4.91. The molecule has 0 radical (unpaired) electrons. The van der Waals surface area contributed by atoms with E-state index in [-0.39, 0.29) is 11.1 Å². The molecule has 1 aliphatic rings. The second-order valence-corrected chi connectivity index (χ2v) is 5.26. The highest BCUT2D eigenvalue weighted by molar-refractivity contribution is 6.21. The first-order valence-electron chi connectivity index (χ1n) is 6.72. The molecular formula is C16H11F3N2O2. The molecule has 2 aromatic rings. The van der Waals surface area contributed by atoms with Crippen LogP contribution >= 0.6 is 0 Å². The van der Waals surface area contributed by atoms with Crippen LogP contribution < -0.4 is 0 Å². The Kier molecular flexibility index (Phi) is 3.24. The van der Waals surface area contributed by atoms with Crippen molar-refractivity contribution in [2.24, 2.45) is 0 Å². The number of halogens is 3. The molecule has 0 aliphatic carbocycles. The molecule has 0 N–H and O–H groups in total. The molecule has 0 fully saturated rings. The largest absolute Gasteiger partial charge is 0.416 e. The lowest BCUT2D eigenvalue weighted by Gasteiger charge is -2.09. The van der Waals surface area contributed by atoms with E-state index in [0.29, 0.717) is 17.0 Å². The number of carbonyl (C=O) groups is 2. The summed E-state index contributed by atoms with van der Waals surface area (Å²) in [6.45, 7) is 1.59. The van der Waals surface area contributed by atoms with Crippen molar-refractivity contribution in [1.82, 2.24) is 9.88 Å². The Balaban J connectivity index is 2.08. The van der Waals surface area contributed by atoms with Gasteiger partial charge in [-0.2, -0.15) is 13.2 Å². The van der Waals surface area contributed by atoms with Crippen molar-refractivity contribution in [3.63, 3.8) is 0 Å². The number of alkyl halides is 3. The van der Waals surface area contributed by atoms with Gasteiger partial charge in [0.15, 0.2) is 0 Å². The third-order valence-corrected chi connectivity index (χ3v) is 3.76. The number of nitrogens with zero attached hydrogens (tertiary/aromatic N) is 2. The monoisotopic (exact) mass is 320 g/mol. The number of imide groups is 1. The summed E-state index contributed by atoms with van der Waals surface area (Å²) in [6.07, 6.45) is -4.41. The van der Waals surface area contributed by atoms with Gasteiger partial charge in [-0.3, -0.25) is 19.5 Å². The number of aromatic nitrogens is 1. The maximum absolute atomic E-state index is 12.6. The molecule has 2 amide bonds. The minimum atomic E-state index is -4.41. The second-order valence-electron chi connectivity index (χ2n) is 5.26. The molecule has 7 heteroatoms. The van der Waals surface area contributed by atoms with Crippen molar-refractivity contribution in [2.45, 2.75) is 13.1 Å². The number of aryl methyl sites for hydroxylation is 1. The molecule has 0 atom stereocenters. The Morgan fingerprint density at radius 2 is 1.65 bits per heavy atom. The molecule has 0 spiro atoms. The minimum Gasteiger partial charge on any atom is -0.277 e. The molecular weight excluding hydrogens is 309 g/mol. The van der Waals surface area contributed by atoms with E-state index < -0.39 is 23.6 Å². The number of pyridine rings is 1. The molecule has 0 saturated carbocycles. The summed E-state index contributed by atoms with van der Waals surface area (Å²) < 4.78 is 37.8. The van der Waals surface area contributed by atoms with E-state index in [9.17, 15) is 22.8 Å². The maximum Gasteiger partial charge on any atom is 0.416 e. The highest BCUT2D eigenvalue weighted by Gasteiger charge is 2.35. The predicted octanol–water partition coefficient (Wildman–Crippen LogP) is 3.30. The zero-order chi connectivity index (χ0) is 16.9. The first-order chi connectivity index (χ1) is 10.7. The van der Waals surface area contributed by atoms with Gasteiger partial charge >= 0.3 is 6.18 Å². The number of amides is 2. The van der Waals surface area contributed by atoms with Crippen molar-refractivity contribution in [3.05, 3.63) is 52.7 Å². The molecule has 1 aromatic heterocycles. The third kappa shape index (κ3) is 2.38. The van der Waals surface area contributed by atoms with Crippen LogP contribution in [0.25, 0.3) is 11.3 Å². The van der Waals surface area contributed by atoms with Crippen molar-refractivity contribution in [1.29, 1.82) is 0 Å². The molecule has 4 nitrogen and oxygen atoms in total. The fourth-order valence-corrected chi connectivity index (χ4v) is 2.53. The van der Waals surface area contributed by atoms with E-state index >= 15 is 0 Å². The average Bonchev–Trinajstić information content (AvgIpc) is 2.71. The molecule has 1 aliphatic heterocycles. The number of benzene rings is 1. The summed E-state index contributed by atoms with van der Waals surface area (Å²) in [7, 11) is 1.38. The van der Waals surface area contributed by atoms with Gasteiger partial charge in [0.2, 0.25) is 0 Å². The first kappa shape index (κ1) is 15.2. The average molecular weight is 320 g/mol. The van der Waals surface area contributed by atoms with Crippen LogP contribution in [0.15, 0.2) is 30.3 Å². The van der Waals surface area contributed by atoms with Gasteiger partial charge in [-0.25, -0.2) is 0 Å². The number of fused-ring (bicyclic) bond motifs is 1. The lowest BCUT2D eigenvalue weighted by molar-refractivity contribution is -0.137. The van der Waals surface area contributed by atoms with Crippen LogP contribution in [0.1, 0.15) is 32.0 Å². The van der Waals surface area contributed by atoms with E-state index in [1.165, 1.54) is 25.2 Å². The van der Waals surface area contributed by atoms with Crippen LogP contribution in [0.4, 0.5) is 13.2 Å². The fourth-order valence-electron chi connectivity index (χ4n) is 2.53. The molecule has 1 aromatic carbocycles. The summed E-state index contributed by atoms with van der Waals surface area (Å²) in [4.78, 5) is 29.3. The quantitative estimate of drug-likeness (QED) is 0.758. The number of carbonyl (C=O) groups excluding carboxylic acids is 2. The number of hydrogen-bond donors (Lipinski definition) is 0. The summed E-state index contributed by atoms with van der Waals surface area (Å²) in [6, 6.07) is 5.94. The minimum absolute atomic E-state index is 0.222. The Morgan fingerprint density at radius 3 is 2.22 bits per heavy atom. The van der Waals surface area contributed by atoms with E-state index in [4.69, 9.17) is 0 Å². The molecule has 3 rings (SSSR count). The van der Waals surface area contributed by atoms with Gasteiger partial charge in [0.25, 0.3) is 11.8 Å². The van der Waals surface area contributed by atoms with Crippen LogP contribution in [-0.2, 0) is 6.18 Å². The number of rotatable bonds is 1. The van der Waals surface area contributed by atoms with Crippen LogP contribution in [0.5, 0.6) is 0 Å². The Hall–Kier alpha value is -2.70. The fraction of sp³-hybridized carbons (Fsp3) is 0.188. The zero-order valence-electron chi connectivity index (χ0n) is 12.2. The van der Waals surface area contributed by atoms with E-state index in [2.05, 4.69) is 4.98 Å². The molecule has 0 unspecified atom stereocenters. The van der Waals surface area contributed by atoms with E-state index in [1.54, 1.807) is 6.92 Å². The topological polar surface area (TPSA) is 50.3 Å². The van der Waals surface area contributed by atoms with Gasteiger partial charge in [0.1, 0.15) is 0 Å². The van der Waals surface area contributed by atoms with Gasteiger partial charge in [0, 0.05) is 12.6 Å². The maximum atomic E-state index is 12.6. The normalized spacial score (nSPS) is 14.4. The molecule has 118 valence electrons. The third-order valence-electron chi connectivity index (χ3n) is 3.76. The summed E-state index contributed by atoms with van der Waals surface area (Å²) in [5.41, 5.74) is 0.878. The Labute approximate surface area is 129 Å². The molecule has 2 heterocycles. The number of hydrogen-bond acceptors (Lipinski definition) is 3. The molecule has 0 saturated heterocycles. The van der Waals surface area contributed by atoms with Crippen molar-refractivity contribution >= 4 is 11.8 Å². The van der Waals surface area contributed by atoms with Gasteiger partial charge in [0.05, 0.1) is 28.1 Å². The lowest BCUT2D eigenvalue weighted by atomic mass is 10.0. The van der Waals surface area contributed by atoms with Crippen LogP contribution in [0.3, 0.4) is 0 Å². The standard InChI is InChI=1S/C16H11F3N2O2/c1-8-13-11(14(22)21(2)15(13)23)7-12(20-8)9-3-5-10(6-4-9)16(17,18)19/h3-7H,1-2H3. The summed E-state index contributed by atoms with van der Waals surface area (Å²) >= 11 is 0. The van der Waals surface area contributed by atoms with Crippen LogP contribution in [-0.4, -0.2) is 28.7 Å². The summed E-state index contributed by atoms with van der Waals surface area (Å²) in [5.74, 6) is -0.863. The van der Waals surface area contributed by atoms with Crippen LogP contribution in [0, 0.1) is 6.92 Å². The van der Waals surface area contributed by atoms with E-state index in [1.807, 2.05) is 0 Å². The predicted molar refractivity (Wildman–Crippen MR) is 75.8 cm³/mol. The summed E-state index contributed by atoms with van der Waals surface area (Å²) in [5, 5.41) is 0. The van der Waals surface area contributed by atoms with Crippen molar-refractivity contribution < 1.29 is 22.8 Å². The van der Waals surface area contributed by atoms with Gasteiger partial charge < -0.3 is 0 Å². The zero-order valence-corrected chi connectivity index (χ0v) is 12.2. The van der Waals surface area contributed by atoms with Crippen molar-refractivity contribution in [2.75, 3.05) is 7.05 Å². The highest BCUT2D eigenvalue weighted by atomic mass is 19.4. The Morgan fingerprint density at radius 1 is 1.04 bits per heavy atom. The lowest BCUT2D eigenvalue weighted by Crippen LogP contribution is -2.24. The van der Waals surface area contributed by atoms with Gasteiger partial charge in [-0.1, -0.05) is 12.1 Å². The highest BCUT2D eigenvalue weighted by Crippen LogP contribution is 2.32. The first-order valence-corrected chi connectivity index (χ1v) is 6.72. The van der Waals surface area contributed by atoms with Crippen LogP contribution in [0.2, 0.25) is 0 Å². The molecule has 23 heavy (non-hydrogen) atoms. The SMILES string of the molecule is Cc1nc(-c2ccc(C(F)(F)F)cc2)cc2c1C(=O)N(C)C2=O. The van der Waals surface area contributed by atoms with Gasteiger partial charge in [-0.15, -0.1) is 0 Å².